The number of aromatic amines is 1. The Morgan fingerprint density at radius 1 is 1.36 bits per heavy atom. The van der Waals surface area contributed by atoms with Gasteiger partial charge in [0, 0.05) is 27.2 Å². The fourth-order valence-corrected chi connectivity index (χ4v) is 3.97. The minimum Gasteiger partial charge on any atom is -0.461 e. The van der Waals surface area contributed by atoms with Gasteiger partial charge in [-0.15, -0.1) is 10.2 Å². The third-order valence-corrected chi connectivity index (χ3v) is 5.95. The molecule has 0 aliphatic heterocycles. The Hall–Kier alpha value is -3.32. The van der Waals surface area contributed by atoms with Crippen LogP contribution in [0.25, 0.3) is 11.6 Å². The Bertz CT molecular complexity index is 1200. The minimum absolute atomic E-state index is 0.0409. The Labute approximate surface area is 193 Å². The summed E-state index contributed by atoms with van der Waals surface area (Å²) in [6, 6.07) is 3.51. The number of methoxy groups -OCH3 is 1. The van der Waals surface area contributed by atoms with Crippen molar-refractivity contribution in [2.75, 3.05) is 36.6 Å². The summed E-state index contributed by atoms with van der Waals surface area (Å²) < 4.78 is 13.5. The van der Waals surface area contributed by atoms with E-state index < -0.39 is 17.2 Å². The molecule has 0 bridgehead atoms. The van der Waals surface area contributed by atoms with Crippen LogP contribution in [0.4, 0.5) is 11.5 Å². The number of amides is 1. The lowest BCUT2D eigenvalue weighted by Crippen LogP contribution is -2.43. The normalized spacial score (nSPS) is 11.1. The van der Waals surface area contributed by atoms with Crippen LogP contribution in [0.2, 0.25) is 0 Å². The van der Waals surface area contributed by atoms with Crippen LogP contribution in [0, 0.1) is 0 Å². The molecule has 0 fully saturated rings. The number of thioether (sulfide) groups is 1. The third kappa shape index (κ3) is 5.37. The summed E-state index contributed by atoms with van der Waals surface area (Å²) in [6.07, 6.45) is 3.07. The number of carbonyl (C=O) groups is 1. The van der Waals surface area contributed by atoms with E-state index in [-0.39, 0.29) is 30.4 Å². The number of nitrogens with two attached hydrogens (primary N) is 1. The Kier molecular flexibility index (Phi) is 8.11. The second kappa shape index (κ2) is 11.0. The molecule has 13 heteroatoms. The third-order valence-electron chi connectivity index (χ3n) is 4.94. The van der Waals surface area contributed by atoms with Gasteiger partial charge < -0.3 is 24.4 Å². The maximum atomic E-state index is 13.2. The van der Waals surface area contributed by atoms with Crippen molar-refractivity contribution < 1.29 is 13.9 Å². The van der Waals surface area contributed by atoms with E-state index in [1.165, 1.54) is 22.8 Å². The number of H-pyrrole nitrogens is 1. The van der Waals surface area contributed by atoms with Crippen LogP contribution >= 0.6 is 11.8 Å². The van der Waals surface area contributed by atoms with Crippen molar-refractivity contribution in [1.29, 1.82) is 0 Å². The second-order valence-electron chi connectivity index (χ2n) is 7.17. The number of ether oxygens (including phenoxy) is 1. The van der Waals surface area contributed by atoms with E-state index in [1.807, 2.05) is 6.92 Å². The first-order valence-electron chi connectivity index (χ1n) is 10.4. The topological polar surface area (TPSA) is 154 Å². The van der Waals surface area contributed by atoms with E-state index in [1.54, 1.807) is 23.7 Å². The Morgan fingerprint density at radius 3 is 2.82 bits per heavy atom. The highest BCUT2D eigenvalue weighted by Crippen LogP contribution is 2.24. The molecule has 0 aliphatic rings. The number of nitrogen functional groups attached to an aromatic ring is 1. The molecule has 178 valence electrons. The van der Waals surface area contributed by atoms with E-state index in [9.17, 15) is 14.4 Å². The Morgan fingerprint density at radius 2 is 2.15 bits per heavy atom. The van der Waals surface area contributed by atoms with Gasteiger partial charge in [-0.2, -0.15) is 0 Å². The molecule has 12 nitrogen and oxygen atoms in total. The highest BCUT2D eigenvalue weighted by Gasteiger charge is 2.25. The molecular formula is C20H27N7O5S. The number of carbonyl (C=O) groups excluding carboxylic acids is 1. The zero-order valence-electron chi connectivity index (χ0n) is 18.7. The van der Waals surface area contributed by atoms with Crippen molar-refractivity contribution >= 4 is 29.2 Å². The molecule has 0 saturated heterocycles. The number of nitrogens with zero attached hydrogens (tertiary/aromatic N) is 5. The molecule has 0 radical (unpaired) electrons. The molecule has 3 rings (SSSR count). The van der Waals surface area contributed by atoms with Gasteiger partial charge in [0.2, 0.25) is 5.91 Å². The number of hydrogen-bond acceptors (Lipinski definition) is 9. The number of rotatable bonds is 11. The summed E-state index contributed by atoms with van der Waals surface area (Å²) in [7, 11) is 3.25. The highest BCUT2D eigenvalue weighted by atomic mass is 32.2. The number of nitrogens with one attached hydrogen (secondary N) is 1. The maximum Gasteiger partial charge on any atom is 0.330 e. The lowest BCUT2D eigenvalue weighted by Gasteiger charge is -2.24. The van der Waals surface area contributed by atoms with Crippen LogP contribution in [0.15, 0.2) is 37.6 Å². The summed E-state index contributed by atoms with van der Waals surface area (Å²) in [6.45, 7) is 2.57. The average molecular weight is 478 g/mol. The van der Waals surface area contributed by atoms with E-state index in [4.69, 9.17) is 14.9 Å². The quantitative estimate of drug-likeness (QED) is 0.386. The van der Waals surface area contributed by atoms with Crippen molar-refractivity contribution in [3.63, 3.8) is 0 Å². The molecule has 0 saturated carbocycles. The van der Waals surface area contributed by atoms with Crippen LogP contribution in [-0.4, -0.2) is 56.2 Å². The maximum absolute atomic E-state index is 13.2. The number of furan rings is 1. The van der Waals surface area contributed by atoms with Gasteiger partial charge in [-0.25, -0.2) is 4.79 Å². The van der Waals surface area contributed by atoms with E-state index in [2.05, 4.69) is 15.2 Å². The summed E-state index contributed by atoms with van der Waals surface area (Å²) in [5.41, 5.74) is 4.80. The van der Waals surface area contributed by atoms with Crippen LogP contribution in [0.5, 0.6) is 0 Å². The smallest absolute Gasteiger partial charge is 0.330 e. The SMILES string of the molecule is CCCCn1c(N)c(N(CCOC)C(=O)CSc2nnc(-c3ccco3)n2C)c(=O)[nH]c1=O. The van der Waals surface area contributed by atoms with Gasteiger partial charge in [0.25, 0.3) is 5.56 Å². The number of anilines is 2. The van der Waals surface area contributed by atoms with E-state index >= 15 is 0 Å². The molecule has 0 aromatic carbocycles. The summed E-state index contributed by atoms with van der Waals surface area (Å²) in [5.74, 6) is 0.595. The number of unbranched alkanes of at least 4 members (excludes halogenated alkanes) is 1. The predicted octanol–water partition coefficient (Wildman–Crippen LogP) is 1.08. The predicted molar refractivity (Wildman–Crippen MR) is 124 cm³/mol. The minimum atomic E-state index is -0.724. The molecule has 3 aromatic rings. The lowest BCUT2D eigenvalue weighted by atomic mass is 10.3. The van der Waals surface area contributed by atoms with Crippen molar-refractivity contribution in [3.8, 4) is 11.6 Å². The van der Waals surface area contributed by atoms with Crippen LogP contribution < -0.4 is 21.9 Å². The molecule has 33 heavy (non-hydrogen) atoms. The molecule has 1 amide bonds. The highest BCUT2D eigenvalue weighted by molar-refractivity contribution is 7.99. The van der Waals surface area contributed by atoms with Gasteiger partial charge in [-0.1, -0.05) is 25.1 Å². The van der Waals surface area contributed by atoms with Crippen LogP contribution in [-0.2, 0) is 23.1 Å². The number of hydrogen-bond donors (Lipinski definition) is 2. The summed E-state index contributed by atoms with van der Waals surface area (Å²) in [5, 5.41) is 8.72. The molecule has 3 N–H and O–H groups in total. The van der Waals surface area contributed by atoms with E-state index in [0.717, 1.165) is 18.2 Å². The van der Waals surface area contributed by atoms with Crippen LogP contribution in [0.3, 0.4) is 0 Å². The molecule has 3 aromatic heterocycles. The Balaban J connectivity index is 1.86. The fraction of sp³-hybridized carbons (Fsp3) is 0.450. The molecule has 0 atom stereocenters. The monoisotopic (exact) mass is 477 g/mol. The van der Waals surface area contributed by atoms with Crippen LogP contribution in [0.1, 0.15) is 19.8 Å². The first-order valence-corrected chi connectivity index (χ1v) is 11.4. The summed E-state index contributed by atoms with van der Waals surface area (Å²) >= 11 is 1.16. The van der Waals surface area contributed by atoms with Crippen molar-refractivity contribution in [2.45, 2.75) is 31.5 Å². The summed E-state index contributed by atoms with van der Waals surface area (Å²) in [4.78, 5) is 41.5. The molecule has 0 unspecified atom stereocenters. The zero-order valence-corrected chi connectivity index (χ0v) is 19.6. The first-order chi connectivity index (χ1) is 15.9. The molecule has 0 aliphatic carbocycles. The molecule has 0 spiro atoms. The largest absolute Gasteiger partial charge is 0.461 e. The average Bonchev–Trinajstić information content (AvgIpc) is 3.43. The lowest BCUT2D eigenvalue weighted by molar-refractivity contribution is -0.116. The molecule has 3 heterocycles. The van der Waals surface area contributed by atoms with Gasteiger partial charge in [0.1, 0.15) is 5.82 Å². The van der Waals surface area contributed by atoms with Gasteiger partial charge in [0.15, 0.2) is 22.4 Å². The first kappa shape index (κ1) is 24.3. The fourth-order valence-electron chi connectivity index (χ4n) is 3.19. The van der Waals surface area contributed by atoms with Crippen molar-refractivity contribution in [1.82, 2.24) is 24.3 Å². The van der Waals surface area contributed by atoms with Crippen molar-refractivity contribution in [2.24, 2.45) is 7.05 Å². The van der Waals surface area contributed by atoms with Gasteiger partial charge in [-0.05, 0) is 18.6 Å². The standard InChI is InChI=1S/C20H27N7O5S/c1-4-5-8-27-16(21)15(18(29)22-19(27)30)26(9-11-31-3)14(28)12-33-20-24-23-17(25(20)2)13-7-6-10-32-13/h6-7,10H,4-5,8-9,11-12,21H2,1-3H3,(H,22,29,30). The van der Waals surface area contributed by atoms with Gasteiger partial charge in [0.05, 0.1) is 18.6 Å². The van der Waals surface area contributed by atoms with E-state index in [0.29, 0.717) is 29.7 Å². The van der Waals surface area contributed by atoms with Gasteiger partial charge in [-0.3, -0.25) is 19.1 Å². The second-order valence-corrected chi connectivity index (χ2v) is 8.11. The molecular weight excluding hydrogens is 450 g/mol. The zero-order chi connectivity index (χ0) is 24.0. The van der Waals surface area contributed by atoms with Gasteiger partial charge >= 0.3 is 5.69 Å². The van der Waals surface area contributed by atoms with Crippen molar-refractivity contribution in [3.05, 3.63) is 39.2 Å². The number of aromatic nitrogens is 5.